The number of alkyl halides is 1. The minimum atomic E-state index is -3.22. The lowest BCUT2D eigenvalue weighted by Gasteiger charge is -2.19. The molecule has 0 fully saturated rings. The molecular weight excluding hydrogens is 500 g/mol. The lowest BCUT2D eigenvalue weighted by molar-refractivity contribution is 0.423. The lowest BCUT2D eigenvalue weighted by Crippen LogP contribution is -2.32. The number of nitrogens with one attached hydrogen (secondary N) is 1. The average molecular weight is 540 g/mol. The molecule has 0 unspecified atom stereocenters. The minimum absolute atomic E-state index is 0.137. The second kappa shape index (κ2) is 18.7. The summed E-state index contributed by atoms with van der Waals surface area (Å²) in [5.74, 6) is -0.647. The SMILES string of the molecule is C=C(NCCCN(CC)S(C)(=O)=O)S/C(C(=C)c1c(F)cccc1F)=C(\C)N.CC.CCCCl. The van der Waals surface area contributed by atoms with E-state index in [-0.39, 0.29) is 11.1 Å². The quantitative estimate of drug-likeness (QED) is 0.185. The lowest BCUT2D eigenvalue weighted by atomic mass is 10.0. The summed E-state index contributed by atoms with van der Waals surface area (Å²) in [6, 6.07) is 3.60. The molecule has 10 heteroatoms. The Kier molecular flexibility index (Phi) is 19.1. The van der Waals surface area contributed by atoms with Crippen LogP contribution in [0.15, 0.2) is 47.0 Å². The second-order valence-electron chi connectivity index (χ2n) is 6.84. The van der Waals surface area contributed by atoms with Crippen molar-refractivity contribution in [2.75, 3.05) is 31.8 Å². The molecule has 5 nitrogen and oxygen atoms in total. The van der Waals surface area contributed by atoms with Crippen molar-refractivity contribution in [1.82, 2.24) is 9.62 Å². The highest BCUT2D eigenvalue weighted by atomic mass is 35.5. The summed E-state index contributed by atoms with van der Waals surface area (Å²) in [6.45, 7) is 18.4. The van der Waals surface area contributed by atoms with E-state index in [9.17, 15) is 17.2 Å². The zero-order valence-electron chi connectivity index (χ0n) is 21.2. The number of nitrogens with two attached hydrogens (primary N) is 1. The smallest absolute Gasteiger partial charge is 0.211 e. The molecule has 0 bridgehead atoms. The number of benzene rings is 1. The minimum Gasteiger partial charge on any atom is -0.401 e. The van der Waals surface area contributed by atoms with Crippen LogP contribution in [0.3, 0.4) is 0 Å². The summed E-state index contributed by atoms with van der Waals surface area (Å²) in [4.78, 5) is 0.410. The van der Waals surface area contributed by atoms with E-state index in [0.717, 1.165) is 36.2 Å². The monoisotopic (exact) mass is 539 g/mol. The number of halogens is 3. The van der Waals surface area contributed by atoms with Gasteiger partial charge in [-0.3, -0.25) is 0 Å². The van der Waals surface area contributed by atoms with Crippen LogP contribution >= 0.6 is 23.4 Å². The highest BCUT2D eigenvalue weighted by molar-refractivity contribution is 8.07. The van der Waals surface area contributed by atoms with Crippen molar-refractivity contribution in [3.63, 3.8) is 0 Å². The van der Waals surface area contributed by atoms with Gasteiger partial charge in [0.1, 0.15) is 11.6 Å². The fourth-order valence-electron chi connectivity index (χ4n) is 2.48. The average Bonchev–Trinajstić information content (AvgIpc) is 2.77. The van der Waals surface area contributed by atoms with E-state index in [2.05, 4.69) is 18.5 Å². The third kappa shape index (κ3) is 13.4. The van der Waals surface area contributed by atoms with Gasteiger partial charge in [0.25, 0.3) is 0 Å². The molecule has 0 atom stereocenters. The van der Waals surface area contributed by atoms with Gasteiger partial charge in [0.15, 0.2) is 0 Å². The first-order valence-corrected chi connectivity index (χ1v) is 14.3. The molecule has 0 heterocycles. The molecular formula is C24H40ClF2N3O2S2. The van der Waals surface area contributed by atoms with Gasteiger partial charge in [-0.15, -0.1) is 11.6 Å². The van der Waals surface area contributed by atoms with E-state index < -0.39 is 21.7 Å². The molecule has 1 rings (SSSR count). The van der Waals surface area contributed by atoms with Crippen LogP contribution in [-0.2, 0) is 10.0 Å². The van der Waals surface area contributed by atoms with Gasteiger partial charge in [-0.2, -0.15) is 0 Å². The van der Waals surface area contributed by atoms with Crippen LogP contribution in [0.4, 0.5) is 8.78 Å². The van der Waals surface area contributed by atoms with Crippen LogP contribution in [-0.4, -0.2) is 44.5 Å². The van der Waals surface area contributed by atoms with Crippen molar-refractivity contribution < 1.29 is 17.2 Å². The highest BCUT2D eigenvalue weighted by Crippen LogP contribution is 2.37. The van der Waals surface area contributed by atoms with Crippen molar-refractivity contribution in [3.05, 3.63) is 64.2 Å². The van der Waals surface area contributed by atoms with Gasteiger partial charge in [0.2, 0.25) is 10.0 Å². The van der Waals surface area contributed by atoms with Crippen LogP contribution in [0.2, 0.25) is 0 Å². The van der Waals surface area contributed by atoms with E-state index in [0.29, 0.717) is 41.7 Å². The van der Waals surface area contributed by atoms with Gasteiger partial charge in [-0.1, -0.05) is 58.7 Å². The molecule has 3 N–H and O–H groups in total. The predicted octanol–water partition coefficient (Wildman–Crippen LogP) is 6.30. The van der Waals surface area contributed by atoms with E-state index in [4.69, 9.17) is 17.3 Å². The second-order valence-corrected chi connectivity index (χ2v) is 10.3. The molecule has 0 aliphatic carbocycles. The standard InChI is InChI=1S/C19H27F2N3O2S2.C3H7Cl.C2H6/c1-6-24(28(5,25)26)12-8-11-23-15(4)27-19(14(3)22)13(2)18-16(20)9-7-10-17(18)21;1-2-3-4;1-2/h7,9-10,23H,2,4,6,8,11-12,22H2,1,3,5H3;2-3H2,1H3;1-2H3/b19-14+;;. The van der Waals surface area contributed by atoms with Crippen molar-refractivity contribution in [3.8, 4) is 0 Å². The number of nitrogens with zero attached hydrogens (tertiary/aromatic N) is 1. The molecule has 1 aromatic rings. The summed E-state index contributed by atoms with van der Waals surface area (Å²) >= 11 is 6.31. The maximum Gasteiger partial charge on any atom is 0.211 e. The van der Waals surface area contributed by atoms with Crippen molar-refractivity contribution in [2.24, 2.45) is 5.73 Å². The Bertz CT molecular complexity index is 881. The fraction of sp³-hybridized carbons (Fsp3) is 0.500. The summed E-state index contributed by atoms with van der Waals surface area (Å²) in [7, 11) is -3.22. The summed E-state index contributed by atoms with van der Waals surface area (Å²) in [5.41, 5.74) is 6.16. The Balaban J connectivity index is 0. The maximum absolute atomic E-state index is 14.1. The molecule has 0 saturated carbocycles. The summed E-state index contributed by atoms with van der Waals surface area (Å²) in [6.07, 6.45) is 2.83. The summed E-state index contributed by atoms with van der Waals surface area (Å²) < 4.78 is 52.6. The number of thioether (sulfide) groups is 1. The molecule has 0 aliphatic rings. The third-order valence-corrected chi connectivity index (χ3v) is 6.96. The van der Waals surface area contributed by atoms with Crippen molar-refractivity contribution in [1.29, 1.82) is 0 Å². The van der Waals surface area contributed by atoms with Gasteiger partial charge in [-0.05, 0) is 37.5 Å². The number of allylic oxidation sites excluding steroid dienone is 2. The molecule has 196 valence electrons. The van der Waals surface area contributed by atoms with E-state index in [1.807, 2.05) is 20.8 Å². The van der Waals surface area contributed by atoms with E-state index >= 15 is 0 Å². The Morgan fingerprint density at radius 1 is 1.21 bits per heavy atom. The zero-order valence-corrected chi connectivity index (χ0v) is 23.6. The van der Waals surface area contributed by atoms with Crippen molar-refractivity contribution >= 4 is 39.0 Å². The summed E-state index contributed by atoms with van der Waals surface area (Å²) in [5, 5.41) is 3.58. The first-order chi connectivity index (χ1) is 15.9. The molecule has 0 amide bonds. The Morgan fingerprint density at radius 3 is 2.09 bits per heavy atom. The first-order valence-electron chi connectivity index (χ1n) is 11.1. The topological polar surface area (TPSA) is 75.4 Å². The normalized spacial score (nSPS) is 11.5. The van der Waals surface area contributed by atoms with Crippen molar-refractivity contribution in [2.45, 2.75) is 47.5 Å². The van der Waals surface area contributed by atoms with Crippen LogP contribution in [0, 0.1) is 11.6 Å². The van der Waals surface area contributed by atoms with E-state index in [1.54, 1.807) is 13.8 Å². The highest BCUT2D eigenvalue weighted by Gasteiger charge is 2.18. The van der Waals surface area contributed by atoms with Gasteiger partial charge < -0.3 is 11.1 Å². The van der Waals surface area contributed by atoms with Gasteiger partial charge in [-0.25, -0.2) is 21.5 Å². The number of hydrogen-bond acceptors (Lipinski definition) is 5. The molecule has 0 aliphatic heterocycles. The van der Waals surface area contributed by atoms with Gasteiger partial charge >= 0.3 is 0 Å². The van der Waals surface area contributed by atoms with Gasteiger partial charge in [0.05, 0.1) is 16.8 Å². The largest absolute Gasteiger partial charge is 0.401 e. The number of rotatable bonds is 12. The molecule has 0 spiro atoms. The predicted molar refractivity (Wildman–Crippen MR) is 146 cm³/mol. The third-order valence-electron chi connectivity index (χ3n) is 4.04. The molecule has 0 radical (unpaired) electrons. The maximum atomic E-state index is 14.1. The molecule has 34 heavy (non-hydrogen) atoms. The number of sulfonamides is 1. The van der Waals surface area contributed by atoms with Crippen LogP contribution < -0.4 is 11.1 Å². The molecule has 0 aromatic heterocycles. The van der Waals surface area contributed by atoms with Gasteiger partial charge in [0, 0.05) is 36.1 Å². The van der Waals surface area contributed by atoms with Crippen LogP contribution in [0.5, 0.6) is 0 Å². The van der Waals surface area contributed by atoms with Crippen LogP contribution in [0.25, 0.3) is 5.57 Å². The first kappa shape index (κ1) is 34.6. The Morgan fingerprint density at radius 2 is 1.71 bits per heavy atom. The zero-order chi connectivity index (χ0) is 26.9. The fourth-order valence-corrected chi connectivity index (χ4v) is 4.22. The van der Waals surface area contributed by atoms with E-state index in [1.165, 1.54) is 16.6 Å². The molecule has 0 saturated heterocycles. The van der Waals surface area contributed by atoms with Crippen LogP contribution in [0.1, 0.15) is 53.0 Å². The molecule has 1 aromatic carbocycles. The Labute approximate surface area is 214 Å². The Hall–Kier alpha value is -1.55. The number of hydrogen-bond donors (Lipinski definition) is 2.